The summed E-state index contributed by atoms with van der Waals surface area (Å²) >= 11 is 0. The van der Waals surface area contributed by atoms with E-state index in [9.17, 15) is 8.42 Å². The summed E-state index contributed by atoms with van der Waals surface area (Å²) in [7, 11) is -1.57. The predicted molar refractivity (Wildman–Crippen MR) is 68.0 cm³/mol. The first-order valence-corrected chi connectivity index (χ1v) is 7.67. The number of benzene rings is 1. The summed E-state index contributed by atoms with van der Waals surface area (Å²) in [6.07, 6.45) is 1.77. The van der Waals surface area contributed by atoms with Crippen molar-refractivity contribution in [2.45, 2.75) is 23.8 Å². The van der Waals surface area contributed by atoms with Crippen molar-refractivity contribution in [1.29, 1.82) is 0 Å². The van der Waals surface area contributed by atoms with E-state index in [0.29, 0.717) is 17.2 Å². The molecule has 0 unspecified atom stereocenters. The van der Waals surface area contributed by atoms with E-state index in [1.807, 2.05) is 6.07 Å². The maximum Gasteiger partial charge on any atom is 0.178 e. The van der Waals surface area contributed by atoms with E-state index < -0.39 is 9.84 Å². The molecule has 0 radical (unpaired) electrons. The molecule has 18 heavy (non-hydrogen) atoms. The van der Waals surface area contributed by atoms with E-state index in [2.05, 4.69) is 0 Å². The molecule has 0 amide bonds. The highest BCUT2D eigenvalue weighted by Crippen LogP contribution is 2.37. The van der Waals surface area contributed by atoms with Gasteiger partial charge in [0.1, 0.15) is 6.79 Å². The summed E-state index contributed by atoms with van der Waals surface area (Å²) in [5.41, 5.74) is 0. The van der Waals surface area contributed by atoms with Gasteiger partial charge in [-0.3, -0.25) is 0 Å². The summed E-state index contributed by atoms with van der Waals surface area (Å²) in [5, 5.41) is 0. The van der Waals surface area contributed by atoms with Crippen LogP contribution >= 0.6 is 0 Å². The first-order chi connectivity index (χ1) is 8.63. The Morgan fingerprint density at radius 3 is 2.67 bits per heavy atom. The van der Waals surface area contributed by atoms with Crippen LogP contribution in [0, 0.1) is 5.92 Å². The number of ether oxygens (including phenoxy) is 2. The minimum Gasteiger partial charge on any atom is -0.359 e. The van der Waals surface area contributed by atoms with Crippen molar-refractivity contribution in [2.24, 2.45) is 5.92 Å². The van der Waals surface area contributed by atoms with E-state index in [-0.39, 0.29) is 18.6 Å². The summed E-state index contributed by atoms with van der Waals surface area (Å²) in [6.45, 7) is 0.284. The Labute approximate surface area is 108 Å². The van der Waals surface area contributed by atoms with Crippen LogP contribution in [0.2, 0.25) is 0 Å². The Balaban J connectivity index is 1.81. The van der Waals surface area contributed by atoms with E-state index in [4.69, 9.17) is 9.47 Å². The van der Waals surface area contributed by atoms with Gasteiger partial charge in [0.15, 0.2) is 9.84 Å². The van der Waals surface area contributed by atoms with Crippen molar-refractivity contribution in [3.63, 3.8) is 0 Å². The van der Waals surface area contributed by atoms with Crippen molar-refractivity contribution < 1.29 is 17.9 Å². The molecule has 0 aliphatic heterocycles. The Hall–Kier alpha value is -0.910. The van der Waals surface area contributed by atoms with Gasteiger partial charge in [0.2, 0.25) is 0 Å². The molecule has 2 rings (SSSR count). The average molecular weight is 270 g/mol. The molecular formula is C13H18O4S. The standard InChI is InChI=1S/C13H18O4S/c1-16-10-17-13-9-11(13)7-8-18(14,15)12-5-3-2-4-6-12/h2-6,11,13H,7-10H2,1H3/t11-,13+/m0/s1. The lowest BCUT2D eigenvalue weighted by Gasteiger charge is -2.04. The maximum atomic E-state index is 12.0. The zero-order valence-corrected chi connectivity index (χ0v) is 11.2. The number of hydrogen-bond donors (Lipinski definition) is 0. The molecule has 1 aliphatic carbocycles. The van der Waals surface area contributed by atoms with Gasteiger partial charge < -0.3 is 9.47 Å². The van der Waals surface area contributed by atoms with Gasteiger partial charge in [0.05, 0.1) is 16.8 Å². The molecule has 1 fully saturated rings. The Morgan fingerprint density at radius 1 is 1.28 bits per heavy atom. The van der Waals surface area contributed by atoms with Crippen LogP contribution in [0.5, 0.6) is 0 Å². The minimum atomic E-state index is -3.15. The van der Waals surface area contributed by atoms with E-state index in [1.54, 1.807) is 31.4 Å². The highest BCUT2D eigenvalue weighted by Gasteiger charge is 2.38. The second-order valence-corrected chi connectivity index (χ2v) is 6.64. The molecule has 1 aliphatic rings. The van der Waals surface area contributed by atoms with Crippen molar-refractivity contribution in [3.05, 3.63) is 30.3 Å². The lowest BCUT2D eigenvalue weighted by Crippen LogP contribution is -2.09. The molecule has 0 N–H and O–H groups in total. The lowest BCUT2D eigenvalue weighted by molar-refractivity contribution is -0.0437. The fraction of sp³-hybridized carbons (Fsp3) is 0.538. The summed E-state index contributed by atoms with van der Waals surface area (Å²) in [5.74, 6) is 0.549. The van der Waals surface area contributed by atoms with Crippen molar-refractivity contribution in [2.75, 3.05) is 19.7 Å². The van der Waals surface area contributed by atoms with Gasteiger partial charge in [-0.05, 0) is 30.9 Å². The highest BCUT2D eigenvalue weighted by atomic mass is 32.2. The van der Waals surface area contributed by atoms with Gasteiger partial charge in [-0.1, -0.05) is 18.2 Å². The smallest absolute Gasteiger partial charge is 0.178 e. The monoisotopic (exact) mass is 270 g/mol. The quantitative estimate of drug-likeness (QED) is 0.710. The number of sulfone groups is 1. The predicted octanol–water partition coefficient (Wildman–Crippen LogP) is 1.86. The van der Waals surface area contributed by atoms with Crippen LogP contribution < -0.4 is 0 Å². The highest BCUT2D eigenvalue weighted by molar-refractivity contribution is 7.91. The number of rotatable bonds is 7. The summed E-state index contributed by atoms with van der Waals surface area (Å²) < 4.78 is 34.2. The third-order valence-electron chi connectivity index (χ3n) is 3.12. The normalized spacial score (nSPS) is 22.9. The molecule has 4 nitrogen and oxygen atoms in total. The van der Waals surface area contributed by atoms with Crippen LogP contribution in [0.3, 0.4) is 0 Å². The average Bonchev–Trinajstić information content (AvgIpc) is 3.14. The SMILES string of the molecule is COCO[C@@H]1C[C@@H]1CCS(=O)(=O)c1ccccc1. The first kappa shape index (κ1) is 13.5. The minimum absolute atomic E-state index is 0.177. The van der Waals surface area contributed by atoms with Gasteiger partial charge in [0, 0.05) is 7.11 Å². The van der Waals surface area contributed by atoms with Crippen molar-refractivity contribution in [3.8, 4) is 0 Å². The van der Waals surface area contributed by atoms with Crippen LogP contribution in [0.4, 0.5) is 0 Å². The van der Waals surface area contributed by atoms with E-state index in [1.165, 1.54) is 0 Å². The van der Waals surface area contributed by atoms with Crippen LogP contribution in [0.1, 0.15) is 12.8 Å². The first-order valence-electron chi connectivity index (χ1n) is 6.02. The molecule has 1 aromatic carbocycles. The molecule has 1 aromatic rings. The zero-order chi connectivity index (χ0) is 13.0. The van der Waals surface area contributed by atoms with Crippen molar-refractivity contribution in [1.82, 2.24) is 0 Å². The molecular weight excluding hydrogens is 252 g/mol. The zero-order valence-electron chi connectivity index (χ0n) is 10.4. The second-order valence-electron chi connectivity index (χ2n) is 4.53. The molecule has 1 saturated carbocycles. The van der Waals surface area contributed by atoms with Crippen LogP contribution in [-0.2, 0) is 19.3 Å². The van der Waals surface area contributed by atoms with Gasteiger partial charge in [-0.15, -0.1) is 0 Å². The summed E-state index contributed by atoms with van der Waals surface area (Å²) in [6, 6.07) is 8.58. The molecule has 0 bridgehead atoms. The lowest BCUT2D eigenvalue weighted by atomic mass is 10.3. The van der Waals surface area contributed by atoms with Crippen molar-refractivity contribution >= 4 is 9.84 Å². The molecule has 0 heterocycles. The molecule has 100 valence electrons. The fourth-order valence-corrected chi connectivity index (χ4v) is 3.36. The second kappa shape index (κ2) is 5.82. The topological polar surface area (TPSA) is 52.6 Å². The largest absolute Gasteiger partial charge is 0.359 e. The Kier molecular flexibility index (Phi) is 4.37. The van der Waals surface area contributed by atoms with Gasteiger partial charge in [0.25, 0.3) is 0 Å². The van der Waals surface area contributed by atoms with Crippen LogP contribution in [-0.4, -0.2) is 34.2 Å². The third kappa shape index (κ3) is 3.54. The maximum absolute atomic E-state index is 12.0. The molecule has 0 saturated heterocycles. The van der Waals surface area contributed by atoms with Gasteiger partial charge >= 0.3 is 0 Å². The molecule has 2 atom stereocenters. The third-order valence-corrected chi connectivity index (χ3v) is 4.88. The van der Waals surface area contributed by atoms with Crippen LogP contribution in [0.15, 0.2) is 35.2 Å². The fourth-order valence-electron chi connectivity index (χ4n) is 1.94. The Bertz CT molecular complexity index is 469. The van der Waals surface area contributed by atoms with Gasteiger partial charge in [-0.2, -0.15) is 0 Å². The molecule has 0 aromatic heterocycles. The van der Waals surface area contributed by atoms with Crippen LogP contribution in [0.25, 0.3) is 0 Å². The van der Waals surface area contributed by atoms with E-state index in [0.717, 1.165) is 6.42 Å². The molecule has 5 heteroatoms. The van der Waals surface area contributed by atoms with Gasteiger partial charge in [-0.25, -0.2) is 8.42 Å². The summed E-state index contributed by atoms with van der Waals surface area (Å²) in [4.78, 5) is 0.403. The number of hydrogen-bond acceptors (Lipinski definition) is 4. The Morgan fingerprint density at radius 2 is 2.00 bits per heavy atom. The van der Waals surface area contributed by atoms with E-state index >= 15 is 0 Å². The number of methoxy groups -OCH3 is 1. The molecule has 0 spiro atoms.